The Morgan fingerprint density at radius 1 is 0.939 bits per heavy atom. The molecule has 1 heterocycles. The van der Waals surface area contributed by atoms with Gasteiger partial charge in [-0.05, 0) is 41.0 Å². The van der Waals surface area contributed by atoms with Crippen LogP contribution in [0.5, 0.6) is 0 Å². The number of benzene rings is 3. The van der Waals surface area contributed by atoms with Crippen LogP contribution in [0.4, 0.5) is 4.39 Å². The number of carbonyl (C=O) groups is 2. The van der Waals surface area contributed by atoms with Crippen LogP contribution in [0.2, 0.25) is 0 Å². The average Bonchev–Trinajstić information content (AvgIpc) is 3.21. The predicted octanol–water partition coefficient (Wildman–Crippen LogP) is 3.92. The first kappa shape index (κ1) is 21.8. The Bertz CT molecular complexity index is 1330. The first-order chi connectivity index (χ1) is 15.9. The van der Waals surface area contributed by atoms with Gasteiger partial charge in [0.25, 0.3) is 11.5 Å². The van der Waals surface area contributed by atoms with Gasteiger partial charge in [0.15, 0.2) is 0 Å². The lowest BCUT2D eigenvalue weighted by Crippen LogP contribution is -2.30. The molecular weight excluding hydrogens is 425 g/mol. The SMILES string of the molecule is O=C(O)CC(NC(=O)c1cc(=O)n(-c2ccccc2)[nH]1)c1ccc(-c2ccc(F)cc2)cc1. The van der Waals surface area contributed by atoms with E-state index in [0.29, 0.717) is 11.3 Å². The van der Waals surface area contributed by atoms with Crippen molar-refractivity contribution in [3.05, 3.63) is 112 Å². The fourth-order valence-electron chi connectivity index (χ4n) is 3.49. The number of carboxylic acid groups (broad SMARTS) is 1. The third-order valence-electron chi connectivity index (χ3n) is 5.15. The number of para-hydroxylation sites is 1. The molecule has 3 N–H and O–H groups in total. The molecule has 1 aromatic heterocycles. The van der Waals surface area contributed by atoms with Crippen LogP contribution in [0.15, 0.2) is 89.7 Å². The molecule has 4 rings (SSSR count). The normalized spacial score (nSPS) is 11.7. The molecule has 3 aromatic carbocycles. The van der Waals surface area contributed by atoms with Crippen molar-refractivity contribution in [1.82, 2.24) is 15.1 Å². The number of amides is 1. The number of rotatable bonds is 7. The zero-order valence-corrected chi connectivity index (χ0v) is 17.4. The number of nitrogens with zero attached hydrogens (tertiary/aromatic N) is 1. The minimum absolute atomic E-state index is 0.0159. The summed E-state index contributed by atoms with van der Waals surface area (Å²) in [5.41, 5.74) is 2.39. The van der Waals surface area contributed by atoms with Gasteiger partial charge >= 0.3 is 5.97 Å². The average molecular weight is 445 g/mol. The van der Waals surface area contributed by atoms with Crippen LogP contribution >= 0.6 is 0 Å². The maximum atomic E-state index is 13.2. The van der Waals surface area contributed by atoms with Gasteiger partial charge in [-0.2, -0.15) is 0 Å². The second-order valence-corrected chi connectivity index (χ2v) is 7.43. The maximum Gasteiger partial charge on any atom is 0.305 e. The molecule has 166 valence electrons. The van der Waals surface area contributed by atoms with Crippen LogP contribution in [0.1, 0.15) is 28.5 Å². The van der Waals surface area contributed by atoms with E-state index in [-0.39, 0.29) is 17.9 Å². The standard InChI is InChI=1S/C25H20FN3O4/c26-19-12-10-17(11-13-19)16-6-8-18(9-7-16)21(15-24(31)32)27-25(33)22-14-23(30)29(28-22)20-4-2-1-3-5-20/h1-14,21,28H,15H2,(H,27,33)(H,31,32). The molecule has 0 aliphatic heterocycles. The van der Waals surface area contributed by atoms with Crippen LogP contribution in [0.3, 0.4) is 0 Å². The van der Waals surface area contributed by atoms with Gasteiger partial charge in [-0.15, -0.1) is 0 Å². The minimum Gasteiger partial charge on any atom is -0.481 e. The monoisotopic (exact) mass is 445 g/mol. The molecule has 0 spiro atoms. The van der Waals surface area contributed by atoms with Gasteiger partial charge in [0.05, 0.1) is 18.2 Å². The number of carbonyl (C=O) groups excluding carboxylic acids is 1. The van der Waals surface area contributed by atoms with Crippen molar-refractivity contribution in [2.24, 2.45) is 0 Å². The van der Waals surface area contributed by atoms with Crippen molar-refractivity contribution in [2.45, 2.75) is 12.5 Å². The van der Waals surface area contributed by atoms with E-state index in [1.54, 1.807) is 60.7 Å². The molecule has 33 heavy (non-hydrogen) atoms. The van der Waals surface area contributed by atoms with Gasteiger partial charge in [-0.3, -0.25) is 19.5 Å². The summed E-state index contributed by atoms with van der Waals surface area (Å²) in [5.74, 6) is -2.02. The lowest BCUT2D eigenvalue weighted by Gasteiger charge is -2.17. The van der Waals surface area contributed by atoms with E-state index in [9.17, 15) is 23.9 Å². The van der Waals surface area contributed by atoms with Gasteiger partial charge in [-0.1, -0.05) is 54.6 Å². The molecule has 0 radical (unpaired) electrons. The zero-order chi connectivity index (χ0) is 23.4. The van der Waals surface area contributed by atoms with Crippen molar-refractivity contribution >= 4 is 11.9 Å². The van der Waals surface area contributed by atoms with Gasteiger partial charge in [0, 0.05) is 6.07 Å². The molecule has 4 aromatic rings. The molecule has 1 unspecified atom stereocenters. The Hall–Kier alpha value is -4.46. The molecule has 0 aliphatic carbocycles. The van der Waals surface area contributed by atoms with Crippen LogP contribution in [-0.2, 0) is 4.79 Å². The van der Waals surface area contributed by atoms with Crippen molar-refractivity contribution in [2.75, 3.05) is 0 Å². The summed E-state index contributed by atoms with van der Waals surface area (Å²) in [6, 6.07) is 22.1. The number of aliphatic carboxylic acids is 1. The fourth-order valence-corrected chi connectivity index (χ4v) is 3.49. The highest BCUT2D eigenvalue weighted by molar-refractivity contribution is 5.92. The fraction of sp³-hybridized carbons (Fsp3) is 0.0800. The Kier molecular flexibility index (Phi) is 6.17. The lowest BCUT2D eigenvalue weighted by atomic mass is 9.99. The summed E-state index contributed by atoms with van der Waals surface area (Å²) in [6.45, 7) is 0. The number of H-pyrrole nitrogens is 1. The summed E-state index contributed by atoms with van der Waals surface area (Å²) in [7, 11) is 0. The first-order valence-electron chi connectivity index (χ1n) is 10.2. The van der Waals surface area contributed by atoms with E-state index in [0.717, 1.165) is 17.2 Å². The molecule has 1 amide bonds. The van der Waals surface area contributed by atoms with E-state index < -0.39 is 23.5 Å². The van der Waals surface area contributed by atoms with Crippen molar-refractivity contribution < 1.29 is 19.1 Å². The Morgan fingerprint density at radius 2 is 1.55 bits per heavy atom. The lowest BCUT2D eigenvalue weighted by molar-refractivity contribution is -0.137. The zero-order valence-electron chi connectivity index (χ0n) is 17.4. The van der Waals surface area contributed by atoms with E-state index in [2.05, 4.69) is 10.4 Å². The van der Waals surface area contributed by atoms with Crippen LogP contribution < -0.4 is 10.9 Å². The van der Waals surface area contributed by atoms with E-state index in [1.165, 1.54) is 16.8 Å². The summed E-state index contributed by atoms with van der Waals surface area (Å²) in [4.78, 5) is 36.5. The molecule has 7 nitrogen and oxygen atoms in total. The van der Waals surface area contributed by atoms with Gasteiger partial charge < -0.3 is 10.4 Å². The molecule has 0 fully saturated rings. The quantitative estimate of drug-likeness (QED) is 0.401. The summed E-state index contributed by atoms with van der Waals surface area (Å²) < 4.78 is 14.4. The number of halogens is 1. The minimum atomic E-state index is -1.08. The summed E-state index contributed by atoms with van der Waals surface area (Å²) in [6.07, 6.45) is -0.342. The second kappa shape index (κ2) is 9.35. The van der Waals surface area contributed by atoms with Crippen molar-refractivity contribution in [3.8, 4) is 16.8 Å². The van der Waals surface area contributed by atoms with E-state index in [4.69, 9.17) is 0 Å². The first-order valence-corrected chi connectivity index (χ1v) is 10.2. The van der Waals surface area contributed by atoms with Crippen molar-refractivity contribution in [3.63, 3.8) is 0 Å². The van der Waals surface area contributed by atoms with E-state index >= 15 is 0 Å². The maximum absolute atomic E-state index is 13.2. The van der Waals surface area contributed by atoms with Crippen LogP contribution in [0, 0.1) is 5.82 Å². The Labute approximate surface area is 188 Å². The van der Waals surface area contributed by atoms with Crippen LogP contribution in [-0.4, -0.2) is 26.8 Å². The second-order valence-electron chi connectivity index (χ2n) is 7.43. The number of carboxylic acids is 1. The van der Waals surface area contributed by atoms with Gasteiger partial charge in [0.2, 0.25) is 0 Å². The Morgan fingerprint density at radius 3 is 2.15 bits per heavy atom. The molecular formula is C25H20FN3O4. The number of hydrogen-bond acceptors (Lipinski definition) is 3. The van der Waals surface area contributed by atoms with E-state index in [1.807, 2.05) is 6.07 Å². The highest BCUT2D eigenvalue weighted by atomic mass is 19.1. The van der Waals surface area contributed by atoms with Gasteiger partial charge in [-0.25, -0.2) is 9.07 Å². The molecule has 0 saturated heterocycles. The number of nitrogens with one attached hydrogen (secondary N) is 2. The number of hydrogen-bond donors (Lipinski definition) is 3. The smallest absolute Gasteiger partial charge is 0.305 e. The third-order valence-corrected chi connectivity index (χ3v) is 5.15. The largest absolute Gasteiger partial charge is 0.481 e. The summed E-state index contributed by atoms with van der Waals surface area (Å²) in [5, 5.41) is 14.8. The molecule has 0 bridgehead atoms. The predicted molar refractivity (Wildman–Crippen MR) is 121 cm³/mol. The molecule has 0 saturated carbocycles. The highest BCUT2D eigenvalue weighted by Gasteiger charge is 2.21. The van der Waals surface area contributed by atoms with Crippen LogP contribution in [0.25, 0.3) is 16.8 Å². The topological polar surface area (TPSA) is 104 Å². The third kappa shape index (κ3) is 5.07. The molecule has 0 aliphatic rings. The number of aromatic nitrogens is 2. The number of aromatic amines is 1. The van der Waals surface area contributed by atoms with Gasteiger partial charge in [0.1, 0.15) is 11.5 Å². The molecule has 1 atom stereocenters. The highest BCUT2D eigenvalue weighted by Crippen LogP contribution is 2.24. The molecule has 8 heteroatoms. The van der Waals surface area contributed by atoms with Crippen molar-refractivity contribution in [1.29, 1.82) is 0 Å². The Balaban J connectivity index is 1.56. The summed E-state index contributed by atoms with van der Waals surface area (Å²) >= 11 is 0.